The van der Waals surface area contributed by atoms with Gasteiger partial charge in [0.2, 0.25) is 0 Å². The predicted molar refractivity (Wildman–Crippen MR) is 108 cm³/mol. The molecule has 0 unspecified atom stereocenters. The van der Waals surface area contributed by atoms with Gasteiger partial charge in [-0.15, -0.1) is 0 Å². The number of carbonyl (C=O) groups is 1. The van der Waals surface area contributed by atoms with E-state index in [9.17, 15) is 18.0 Å². The number of hydrogen-bond donors (Lipinski definition) is 1. The summed E-state index contributed by atoms with van der Waals surface area (Å²) in [4.78, 5) is 28.6. The number of alkyl halides is 3. The molecule has 1 aromatic carbocycles. The summed E-state index contributed by atoms with van der Waals surface area (Å²) in [6, 6.07) is 4.63. The Labute approximate surface area is 180 Å². The minimum absolute atomic E-state index is 0.0323. The molecule has 31 heavy (non-hydrogen) atoms. The van der Waals surface area contributed by atoms with E-state index in [1.807, 2.05) is 11.0 Å². The third kappa shape index (κ3) is 4.71. The van der Waals surface area contributed by atoms with Gasteiger partial charge >= 0.3 is 12.2 Å². The molecule has 0 aliphatic carbocycles. The molecule has 0 radical (unpaired) electrons. The maximum Gasteiger partial charge on any atom is 0.417 e. The van der Waals surface area contributed by atoms with Crippen LogP contribution in [-0.4, -0.2) is 56.6 Å². The molecule has 0 saturated carbocycles. The first-order valence-corrected chi connectivity index (χ1v) is 9.67. The first-order valence-electron chi connectivity index (χ1n) is 9.29. The summed E-state index contributed by atoms with van der Waals surface area (Å²) in [6.07, 6.45) is 1.92. The Bertz CT molecular complexity index is 1070. The number of nitrogens with one attached hydrogen (secondary N) is 1. The minimum Gasteiger partial charge on any atom is -0.353 e. The Kier molecular flexibility index (Phi) is 5.68. The number of urea groups is 1. The van der Waals surface area contributed by atoms with Crippen LogP contribution in [0.1, 0.15) is 5.56 Å². The number of rotatable bonds is 3. The summed E-state index contributed by atoms with van der Waals surface area (Å²) in [5.74, 6) is 1.39. The van der Waals surface area contributed by atoms with Crippen molar-refractivity contribution in [1.82, 2.24) is 24.4 Å². The molecule has 1 aliphatic rings. The van der Waals surface area contributed by atoms with Gasteiger partial charge in [0.15, 0.2) is 0 Å². The van der Waals surface area contributed by atoms with E-state index in [1.54, 1.807) is 23.3 Å². The van der Waals surface area contributed by atoms with Gasteiger partial charge in [0.1, 0.15) is 24.3 Å². The van der Waals surface area contributed by atoms with Crippen LogP contribution >= 0.6 is 11.6 Å². The summed E-state index contributed by atoms with van der Waals surface area (Å²) >= 11 is 5.62. The molecule has 0 bridgehead atoms. The number of piperazine rings is 1. The van der Waals surface area contributed by atoms with E-state index in [0.29, 0.717) is 37.8 Å². The van der Waals surface area contributed by atoms with Crippen molar-refractivity contribution >= 4 is 29.1 Å². The number of carbonyl (C=O) groups excluding carboxylic acids is 1. The zero-order valence-electron chi connectivity index (χ0n) is 16.1. The predicted octanol–water partition coefficient (Wildman–Crippen LogP) is 3.69. The number of benzene rings is 1. The lowest BCUT2D eigenvalue weighted by Gasteiger charge is -2.35. The first-order chi connectivity index (χ1) is 14.8. The smallest absolute Gasteiger partial charge is 0.353 e. The number of imidazole rings is 1. The number of nitrogens with zero attached hydrogens (tertiary/aromatic N) is 6. The van der Waals surface area contributed by atoms with Gasteiger partial charge in [-0.05, 0) is 18.2 Å². The highest BCUT2D eigenvalue weighted by molar-refractivity contribution is 6.31. The Morgan fingerprint density at radius 1 is 1.06 bits per heavy atom. The molecule has 1 fully saturated rings. The molecule has 0 atom stereocenters. The van der Waals surface area contributed by atoms with Gasteiger partial charge in [0.05, 0.1) is 10.6 Å². The Morgan fingerprint density at radius 3 is 2.48 bits per heavy atom. The van der Waals surface area contributed by atoms with Gasteiger partial charge in [-0.3, -0.25) is 4.57 Å². The molecule has 4 rings (SSSR count). The molecule has 1 N–H and O–H groups in total. The molecule has 2 amide bonds. The lowest BCUT2D eigenvalue weighted by molar-refractivity contribution is -0.137. The average Bonchev–Trinajstić information content (AvgIpc) is 3.29. The second-order valence-corrected chi connectivity index (χ2v) is 7.21. The van der Waals surface area contributed by atoms with E-state index < -0.39 is 22.8 Å². The van der Waals surface area contributed by atoms with Gasteiger partial charge < -0.3 is 15.1 Å². The SMILES string of the molecule is O=C(Nc1ccc(Cl)c(C(F)(F)F)c1)N1CCN(c2cc(-n3ccnc3)ncn2)CC1. The van der Waals surface area contributed by atoms with Gasteiger partial charge in [-0.1, -0.05) is 11.6 Å². The Balaban J connectivity index is 1.38. The van der Waals surface area contributed by atoms with E-state index >= 15 is 0 Å². The highest BCUT2D eigenvalue weighted by Gasteiger charge is 2.33. The van der Waals surface area contributed by atoms with Crippen LogP contribution in [0.4, 0.5) is 29.5 Å². The van der Waals surface area contributed by atoms with Crippen molar-refractivity contribution in [3.8, 4) is 5.82 Å². The second-order valence-electron chi connectivity index (χ2n) is 6.80. The van der Waals surface area contributed by atoms with Crippen molar-refractivity contribution in [2.24, 2.45) is 0 Å². The number of anilines is 2. The number of amides is 2. The molecule has 0 spiro atoms. The average molecular weight is 452 g/mol. The van der Waals surface area contributed by atoms with E-state index in [1.165, 1.54) is 17.3 Å². The van der Waals surface area contributed by atoms with Crippen LogP contribution in [0.2, 0.25) is 5.02 Å². The molecular weight excluding hydrogens is 435 g/mol. The summed E-state index contributed by atoms with van der Waals surface area (Å²) < 4.78 is 40.8. The largest absolute Gasteiger partial charge is 0.417 e. The van der Waals surface area contributed by atoms with Crippen molar-refractivity contribution in [2.75, 3.05) is 36.4 Å². The Hall–Kier alpha value is -3.34. The highest BCUT2D eigenvalue weighted by atomic mass is 35.5. The third-order valence-corrected chi connectivity index (χ3v) is 5.15. The number of aromatic nitrogens is 4. The van der Waals surface area contributed by atoms with Crippen LogP contribution in [0.3, 0.4) is 0 Å². The van der Waals surface area contributed by atoms with Gasteiger partial charge in [0.25, 0.3) is 0 Å². The number of hydrogen-bond acceptors (Lipinski definition) is 5. The van der Waals surface area contributed by atoms with Crippen LogP contribution in [-0.2, 0) is 6.18 Å². The molecule has 162 valence electrons. The molecule has 12 heteroatoms. The minimum atomic E-state index is -4.60. The van der Waals surface area contributed by atoms with Crippen molar-refractivity contribution in [2.45, 2.75) is 6.18 Å². The number of halogens is 4. The van der Waals surface area contributed by atoms with E-state index in [-0.39, 0.29) is 5.69 Å². The summed E-state index contributed by atoms with van der Waals surface area (Å²) in [5, 5.41) is 2.09. The summed E-state index contributed by atoms with van der Waals surface area (Å²) in [6.45, 7) is 1.80. The van der Waals surface area contributed by atoms with Crippen molar-refractivity contribution in [1.29, 1.82) is 0 Å². The van der Waals surface area contributed by atoms with Crippen LogP contribution < -0.4 is 10.2 Å². The lowest BCUT2D eigenvalue weighted by Crippen LogP contribution is -2.50. The van der Waals surface area contributed by atoms with Gasteiger partial charge in [0, 0.05) is 50.3 Å². The topological polar surface area (TPSA) is 79.2 Å². The molecular formula is C19H17ClF3N7O. The summed E-state index contributed by atoms with van der Waals surface area (Å²) in [7, 11) is 0. The van der Waals surface area contributed by atoms with E-state index in [4.69, 9.17) is 11.6 Å². The van der Waals surface area contributed by atoms with Crippen LogP contribution in [0, 0.1) is 0 Å². The van der Waals surface area contributed by atoms with E-state index in [0.717, 1.165) is 12.1 Å². The van der Waals surface area contributed by atoms with Gasteiger partial charge in [-0.25, -0.2) is 19.7 Å². The molecule has 2 aromatic heterocycles. The molecule has 1 aliphatic heterocycles. The van der Waals surface area contributed by atoms with Crippen LogP contribution in [0.25, 0.3) is 5.82 Å². The fourth-order valence-electron chi connectivity index (χ4n) is 3.21. The summed E-state index contributed by atoms with van der Waals surface area (Å²) in [5.41, 5.74) is -0.959. The van der Waals surface area contributed by atoms with Gasteiger partial charge in [-0.2, -0.15) is 13.2 Å². The quantitative estimate of drug-likeness (QED) is 0.657. The molecule has 1 saturated heterocycles. The Morgan fingerprint density at radius 2 is 1.81 bits per heavy atom. The maximum atomic E-state index is 13.0. The fraction of sp³-hybridized carbons (Fsp3) is 0.263. The molecule has 3 heterocycles. The highest BCUT2D eigenvalue weighted by Crippen LogP contribution is 2.36. The van der Waals surface area contributed by atoms with E-state index in [2.05, 4.69) is 20.3 Å². The van der Waals surface area contributed by atoms with Crippen LogP contribution in [0.5, 0.6) is 0 Å². The van der Waals surface area contributed by atoms with Crippen LogP contribution in [0.15, 0.2) is 49.3 Å². The standard InChI is InChI=1S/C19H17ClF3N7O/c20-15-2-1-13(9-14(15)19(21,22)23)27-18(31)29-7-5-28(6-8-29)16-10-17(26-11-25-16)30-4-3-24-12-30/h1-4,9-12H,5-8H2,(H,27,31). The fourth-order valence-corrected chi connectivity index (χ4v) is 3.43. The normalized spacial score (nSPS) is 14.6. The first kappa shape index (κ1) is 20.9. The third-order valence-electron chi connectivity index (χ3n) is 4.82. The molecule has 3 aromatic rings. The van der Waals surface area contributed by atoms with Crippen molar-refractivity contribution in [3.63, 3.8) is 0 Å². The van der Waals surface area contributed by atoms with Crippen molar-refractivity contribution in [3.05, 3.63) is 59.9 Å². The lowest BCUT2D eigenvalue weighted by atomic mass is 10.2. The zero-order valence-corrected chi connectivity index (χ0v) is 16.8. The molecule has 8 nitrogen and oxygen atoms in total. The second kappa shape index (κ2) is 8.42. The monoisotopic (exact) mass is 451 g/mol. The maximum absolute atomic E-state index is 13.0. The van der Waals surface area contributed by atoms with Crippen molar-refractivity contribution < 1.29 is 18.0 Å². The zero-order chi connectivity index (χ0) is 22.0.